The highest BCUT2D eigenvalue weighted by molar-refractivity contribution is 4.57. The molecule has 0 spiro atoms. The minimum atomic E-state index is 0.712. The van der Waals surface area contributed by atoms with Crippen LogP contribution in [0.15, 0.2) is 6.33 Å². The average Bonchev–Trinajstić information content (AvgIpc) is 2.59. The van der Waals surface area contributed by atoms with Crippen LogP contribution >= 0.6 is 0 Å². The van der Waals surface area contributed by atoms with Crippen LogP contribution in [-0.4, -0.2) is 51.4 Å². The van der Waals surface area contributed by atoms with E-state index in [0.29, 0.717) is 6.67 Å². The molecule has 12 heavy (non-hydrogen) atoms. The molecule has 0 amide bonds. The first-order valence-corrected chi connectivity index (χ1v) is 3.96. The molecule has 2 rings (SSSR count). The molecule has 66 valence electrons. The average molecular weight is 169 g/mol. The van der Waals surface area contributed by atoms with Gasteiger partial charge in [-0.25, -0.2) is 0 Å². The third kappa shape index (κ3) is 1.77. The fourth-order valence-electron chi connectivity index (χ4n) is 1.17. The first-order valence-electron chi connectivity index (χ1n) is 3.96. The van der Waals surface area contributed by atoms with Crippen LogP contribution in [-0.2, 0) is 11.4 Å². The molecule has 0 saturated carbocycles. The third-order valence-electron chi connectivity index (χ3n) is 1.82. The van der Waals surface area contributed by atoms with Crippen LogP contribution in [0.4, 0.5) is 0 Å². The van der Waals surface area contributed by atoms with Crippen LogP contribution in [0.3, 0.4) is 0 Å². The summed E-state index contributed by atoms with van der Waals surface area (Å²) in [6.45, 7) is 4.20. The number of nitrogens with zero attached hydrogens (tertiary/aromatic N) is 5. The highest BCUT2D eigenvalue weighted by Crippen LogP contribution is 1.96. The van der Waals surface area contributed by atoms with Crippen molar-refractivity contribution in [3.8, 4) is 0 Å². The molecule has 0 aliphatic carbocycles. The summed E-state index contributed by atoms with van der Waals surface area (Å²) in [5.74, 6) is 0. The number of hydrogen-bond donors (Lipinski definition) is 0. The molecule has 0 unspecified atom stereocenters. The lowest BCUT2D eigenvalue weighted by Crippen LogP contribution is -2.38. The molecule has 2 heterocycles. The number of aromatic nitrogens is 4. The molecule has 0 aromatic carbocycles. The molecular formula is C6H11N5O. The summed E-state index contributed by atoms with van der Waals surface area (Å²) < 4.78 is 5.21. The quantitative estimate of drug-likeness (QED) is 0.566. The minimum absolute atomic E-state index is 0.712. The molecule has 1 aromatic heterocycles. The maximum Gasteiger partial charge on any atom is 0.162 e. The first kappa shape index (κ1) is 7.63. The van der Waals surface area contributed by atoms with Gasteiger partial charge in [-0.15, -0.1) is 15.0 Å². The third-order valence-corrected chi connectivity index (χ3v) is 1.82. The van der Waals surface area contributed by atoms with Crippen molar-refractivity contribution in [3.63, 3.8) is 0 Å². The van der Waals surface area contributed by atoms with Gasteiger partial charge in [-0.2, -0.15) is 0 Å². The molecule has 6 heteroatoms. The van der Waals surface area contributed by atoms with Gasteiger partial charge in [0.15, 0.2) is 6.33 Å². The van der Waals surface area contributed by atoms with E-state index in [1.807, 2.05) is 0 Å². The topological polar surface area (TPSA) is 56.1 Å². The number of morpholine rings is 1. The molecule has 0 atom stereocenters. The van der Waals surface area contributed by atoms with E-state index in [1.54, 1.807) is 4.80 Å². The largest absolute Gasteiger partial charge is 0.379 e. The lowest BCUT2D eigenvalue weighted by atomic mass is 10.5. The maximum atomic E-state index is 5.21. The maximum absolute atomic E-state index is 5.21. The van der Waals surface area contributed by atoms with Crippen molar-refractivity contribution in [1.29, 1.82) is 0 Å². The Morgan fingerprint density at radius 3 is 2.83 bits per heavy atom. The SMILES string of the molecule is c1nnn(CN2CCOCC2)n1. The highest BCUT2D eigenvalue weighted by Gasteiger charge is 2.10. The molecule has 0 bridgehead atoms. The number of ether oxygens (including phenoxy) is 1. The summed E-state index contributed by atoms with van der Waals surface area (Å²) in [6, 6.07) is 0. The lowest BCUT2D eigenvalue weighted by Gasteiger charge is -2.25. The molecule has 1 saturated heterocycles. The van der Waals surface area contributed by atoms with Gasteiger partial charge in [-0.1, -0.05) is 0 Å². The molecule has 1 fully saturated rings. The molecule has 0 N–H and O–H groups in total. The Morgan fingerprint density at radius 2 is 2.17 bits per heavy atom. The summed E-state index contributed by atoms with van der Waals surface area (Å²) >= 11 is 0. The zero-order valence-corrected chi connectivity index (χ0v) is 6.76. The fraction of sp³-hybridized carbons (Fsp3) is 0.833. The number of hydrogen-bond acceptors (Lipinski definition) is 5. The van der Waals surface area contributed by atoms with Crippen LogP contribution in [0.1, 0.15) is 0 Å². The van der Waals surface area contributed by atoms with E-state index in [0.717, 1.165) is 26.3 Å². The zero-order valence-electron chi connectivity index (χ0n) is 6.76. The van der Waals surface area contributed by atoms with E-state index < -0.39 is 0 Å². The summed E-state index contributed by atoms with van der Waals surface area (Å²) in [6.07, 6.45) is 1.44. The Balaban J connectivity index is 1.86. The first-order chi connectivity index (χ1) is 5.95. The Kier molecular flexibility index (Phi) is 2.28. The Hall–Kier alpha value is -1.01. The van der Waals surface area contributed by atoms with E-state index in [2.05, 4.69) is 20.3 Å². The second-order valence-electron chi connectivity index (χ2n) is 2.68. The summed E-state index contributed by atoms with van der Waals surface area (Å²) in [5.41, 5.74) is 0. The van der Waals surface area contributed by atoms with Crippen molar-refractivity contribution in [1.82, 2.24) is 25.1 Å². The van der Waals surface area contributed by atoms with Crippen LogP contribution in [0.25, 0.3) is 0 Å². The number of rotatable bonds is 2. The Morgan fingerprint density at radius 1 is 1.33 bits per heavy atom. The fourth-order valence-corrected chi connectivity index (χ4v) is 1.17. The van der Waals surface area contributed by atoms with Crippen molar-refractivity contribution >= 4 is 0 Å². The smallest absolute Gasteiger partial charge is 0.162 e. The van der Waals surface area contributed by atoms with Gasteiger partial charge in [0.2, 0.25) is 0 Å². The summed E-state index contributed by atoms with van der Waals surface area (Å²) in [5, 5.41) is 11.3. The molecule has 1 aliphatic rings. The summed E-state index contributed by atoms with van der Waals surface area (Å²) in [7, 11) is 0. The van der Waals surface area contributed by atoms with E-state index in [4.69, 9.17) is 4.74 Å². The standard InChI is InChI=1S/C6H11N5O/c1-3-12-4-2-10(1)6-11-8-5-7-9-11/h5H,1-4,6H2. The van der Waals surface area contributed by atoms with Gasteiger partial charge in [0.25, 0.3) is 0 Å². The minimum Gasteiger partial charge on any atom is -0.379 e. The summed E-state index contributed by atoms with van der Waals surface area (Å²) in [4.78, 5) is 3.80. The van der Waals surface area contributed by atoms with Crippen molar-refractivity contribution in [3.05, 3.63) is 6.33 Å². The molecule has 1 aliphatic heterocycles. The van der Waals surface area contributed by atoms with Crippen LogP contribution in [0.2, 0.25) is 0 Å². The molecule has 0 radical (unpaired) electrons. The molecule has 1 aromatic rings. The Bertz CT molecular complexity index is 218. The van der Waals surface area contributed by atoms with Crippen molar-refractivity contribution in [2.45, 2.75) is 6.67 Å². The van der Waals surface area contributed by atoms with Gasteiger partial charge < -0.3 is 4.74 Å². The highest BCUT2D eigenvalue weighted by atomic mass is 16.5. The predicted octanol–water partition coefficient (Wildman–Crippen LogP) is -1.04. The predicted molar refractivity (Wildman–Crippen MR) is 40.2 cm³/mol. The van der Waals surface area contributed by atoms with Gasteiger partial charge in [0.1, 0.15) is 6.67 Å². The van der Waals surface area contributed by atoms with Gasteiger partial charge in [-0.05, 0) is 5.21 Å². The van der Waals surface area contributed by atoms with E-state index >= 15 is 0 Å². The van der Waals surface area contributed by atoms with E-state index in [1.165, 1.54) is 6.33 Å². The van der Waals surface area contributed by atoms with Gasteiger partial charge in [0, 0.05) is 13.1 Å². The van der Waals surface area contributed by atoms with Gasteiger partial charge in [-0.3, -0.25) is 4.90 Å². The molecular weight excluding hydrogens is 158 g/mol. The van der Waals surface area contributed by atoms with Crippen LogP contribution in [0, 0.1) is 0 Å². The van der Waals surface area contributed by atoms with Crippen molar-refractivity contribution < 1.29 is 4.74 Å². The van der Waals surface area contributed by atoms with Crippen LogP contribution < -0.4 is 0 Å². The normalized spacial score (nSPS) is 19.7. The van der Waals surface area contributed by atoms with Gasteiger partial charge in [0.05, 0.1) is 13.2 Å². The number of tetrazole rings is 1. The second-order valence-corrected chi connectivity index (χ2v) is 2.68. The van der Waals surface area contributed by atoms with E-state index in [9.17, 15) is 0 Å². The van der Waals surface area contributed by atoms with Crippen molar-refractivity contribution in [2.24, 2.45) is 0 Å². The van der Waals surface area contributed by atoms with E-state index in [-0.39, 0.29) is 0 Å². The van der Waals surface area contributed by atoms with Crippen molar-refractivity contribution in [2.75, 3.05) is 26.3 Å². The van der Waals surface area contributed by atoms with Crippen LogP contribution in [0.5, 0.6) is 0 Å². The second kappa shape index (κ2) is 3.59. The zero-order chi connectivity index (χ0) is 8.23. The monoisotopic (exact) mass is 169 g/mol. The lowest BCUT2D eigenvalue weighted by molar-refractivity contribution is 0.0184. The molecule has 6 nitrogen and oxygen atoms in total. The van der Waals surface area contributed by atoms with Gasteiger partial charge >= 0.3 is 0 Å². The Labute approximate surface area is 70.1 Å².